The van der Waals surface area contributed by atoms with Crippen molar-refractivity contribution >= 4 is 5.91 Å². The van der Waals surface area contributed by atoms with Crippen molar-refractivity contribution in [1.29, 1.82) is 0 Å². The molecule has 4 nitrogen and oxygen atoms in total. The second-order valence-corrected chi connectivity index (χ2v) is 5.44. The highest BCUT2D eigenvalue weighted by Gasteiger charge is 2.16. The van der Waals surface area contributed by atoms with E-state index < -0.39 is 6.10 Å². The Labute approximate surface area is 137 Å². The average molecular weight is 313 g/mol. The molecular formula is C19H23NO3. The summed E-state index contributed by atoms with van der Waals surface area (Å²) in [4.78, 5) is 12.1. The van der Waals surface area contributed by atoms with Gasteiger partial charge in [-0.3, -0.25) is 4.79 Å². The average Bonchev–Trinajstić information content (AvgIpc) is 2.57. The maximum atomic E-state index is 12.1. The number of benzene rings is 2. The SMILES string of the molecule is COc1cc(C)ccc1O[C@H](C)C(=O)NCCc1ccccc1. The van der Waals surface area contributed by atoms with Gasteiger partial charge in [-0.2, -0.15) is 0 Å². The van der Waals surface area contributed by atoms with Crippen molar-refractivity contribution in [3.63, 3.8) is 0 Å². The lowest BCUT2D eigenvalue weighted by Gasteiger charge is -2.17. The minimum Gasteiger partial charge on any atom is -0.493 e. The summed E-state index contributed by atoms with van der Waals surface area (Å²) in [7, 11) is 1.59. The highest BCUT2D eigenvalue weighted by molar-refractivity contribution is 5.80. The van der Waals surface area contributed by atoms with Gasteiger partial charge in [-0.25, -0.2) is 0 Å². The van der Waals surface area contributed by atoms with Gasteiger partial charge < -0.3 is 14.8 Å². The molecule has 0 aliphatic carbocycles. The first-order valence-corrected chi connectivity index (χ1v) is 7.73. The van der Waals surface area contributed by atoms with Gasteiger partial charge in [0.1, 0.15) is 0 Å². The molecule has 122 valence electrons. The molecule has 0 aliphatic heterocycles. The molecule has 0 fully saturated rings. The molecule has 2 rings (SSSR count). The van der Waals surface area contributed by atoms with Crippen LogP contribution in [-0.4, -0.2) is 25.7 Å². The number of rotatable bonds is 7. The third-order valence-corrected chi connectivity index (χ3v) is 3.55. The summed E-state index contributed by atoms with van der Waals surface area (Å²) < 4.78 is 11.0. The van der Waals surface area contributed by atoms with Crippen molar-refractivity contribution in [2.45, 2.75) is 26.4 Å². The summed E-state index contributed by atoms with van der Waals surface area (Å²) in [6.07, 6.45) is 0.218. The fourth-order valence-corrected chi connectivity index (χ4v) is 2.23. The van der Waals surface area contributed by atoms with Crippen LogP contribution in [0, 0.1) is 6.92 Å². The van der Waals surface area contributed by atoms with E-state index >= 15 is 0 Å². The molecule has 1 N–H and O–H groups in total. The summed E-state index contributed by atoms with van der Waals surface area (Å²) in [5.41, 5.74) is 2.27. The Morgan fingerprint density at radius 3 is 2.57 bits per heavy atom. The lowest BCUT2D eigenvalue weighted by Crippen LogP contribution is -2.37. The fraction of sp³-hybridized carbons (Fsp3) is 0.316. The van der Waals surface area contributed by atoms with E-state index in [1.54, 1.807) is 14.0 Å². The Morgan fingerprint density at radius 1 is 1.13 bits per heavy atom. The highest BCUT2D eigenvalue weighted by Crippen LogP contribution is 2.28. The molecule has 0 bridgehead atoms. The normalized spacial score (nSPS) is 11.6. The van der Waals surface area contributed by atoms with E-state index in [2.05, 4.69) is 5.32 Å². The molecular weight excluding hydrogens is 290 g/mol. The van der Waals surface area contributed by atoms with Crippen LogP contribution in [-0.2, 0) is 11.2 Å². The molecule has 2 aromatic carbocycles. The van der Waals surface area contributed by atoms with Crippen molar-refractivity contribution in [1.82, 2.24) is 5.32 Å². The van der Waals surface area contributed by atoms with Gasteiger partial charge in [0.15, 0.2) is 17.6 Å². The predicted molar refractivity (Wildman–Crippen MR) is 91.0 cm³/mol. The molecule has 2 aromatic rings. The van der Waals surface area contributed by atoms with Crippen LogP contribution in [0.1, 0.15) is 18.1 Å². The van der Waals surface area contributed by atoms with Crippen LogP contribution < -0.4 is 14.8 Å². The zero-order valence-corrected chi connectivity index (χ0v) is 13.8. The van der Waals surface area contributed by atoms with Gasteiger partial charge in [0.25, 0.3) is 5.91 Å². The van der Waals surface area contributed by atoms with E-state index in [1.165, 1.54) is 5.56 Å². The Bertz CT molecular complexity index is 640. The maximum Gasteiger partial charge on any atom is 0.260 e. The first kappa shape index (κ1) is 16.9. The van der Waals surface area contributed by atoms with E-state index in [4.69, 9.17) is 9.47 Å². The van der Waals surface area contributed by atoms with Gasteiger partial charge in [-0.15, -0.1) is 0 Å². The largest absolute Gasteiger partial charge is 0.493 e. The topological polar surface area (TPSA) is 47.6 Å². The molecule has 0 heterocycles. The van der Waals surface area contributed by atoms with Gasteiger partial charge in [-0.1, -0.05) is 36.4 Å². The summed E-state index contributed by atoms with van der Waals surface area (Å²) in [5, 5.41) is 2.90. The Hall–Kier alpha value is -2.49. The number of aryl methyl sites for hydroxylation is 1. The number of ether oxygens (including phenoxy) is 2. The predicted octanol–water partition coefficient (Wildman–Crippen LogP) is 3.13. The quantitative estimate of drug-likeness (QED) is 0.854. The number of nitrogens with one attached hydrogen (secondary N) is 1. The van der Waals surface area contributed by atoms with Gasteiger partial charge in [0, 0.05) is 6.54 Å². The van der Waals surface area contributed by atoms with Gasteiger partial charge in [0.05, 0.1) is 7.11 Å². The number of carbonyl (C=O) groups is 1. The van der Waals surface area contributed by atoms with Crippen molar-refractivity contribution in [2.75, 3.05) is 13.7 Å². The molecule has 4 heteroatoms. The van der Waals surface area contributed by atoms with Crippen molar-refractivity contribution < 1.29 is 14.3 Å². The van der Waals surface area contributed by atoms with E-state index in [1.807, 2.05) is 55.5 Å². The number of amides is 1. The fourth-order valence-electron chi connectivity index (χ4n) is 2.23. The second-order valence-electron chi connectivity index (χ2n) is 5.44. The van der Waals surface area contributed by atoms with Crippen LogP contribution in [0.4, 0.5) is 0 Å². The van der Waals surface area contributed by atoms with Gasteiger partial charge >= 0.3 is 0 Å². The van der Waals surface area contributed by atoms with Crippen LogP contribution in [0.2, 0.25) is 0 Å². The third-order valence-electron chi connectivity index (χ3n) is 3.55. The molecule has 1 atom stereocenters. The first-order chi connectivity index (χ1) is 11.1. The molecule has 0 unspecified atom stereocenters. The Balaban J connectivity index is 1.85. The standard InChI is InChI=1S/C19H23NO3/c1-14-9-10-17(18(13-14)22-3)23-15(2)19(21)20-12-11-16-7-5-4-6-8-16/h4-10,13,15H,11-12H2,1-3H3,(H,20,21)/t15-/m1/s1. The first-order valence-electron chi connectivity index (χ1n) is 7.73. The van der Waals surface area contributed by atoms with Crippen LogP contribution in [0.15, 0.2) is 48.5 Å². The van der Waals surface area contributed by atoms with Crippen LogP contribution in [0.25, 0.3) is 0 Å². The second kappa shape index (κ2) is 8.22. The smallest absolute Gasteiger partial charge is 0.260 e. The molecule has 0 aromatic heterocycles. The van der Waals surface area contributed by atoms with Crippen LogP contribution >= 0.6 is 0 Å². The molecule has 0 saturated heterocycles. The number of carbonyl (C=O) groups excluding carboxylic acids is 1. The molecule has 0 aliphatic rings. The monoisotopic (exact) mass is 313 g/mol. The Kier molecular flexibility index (Phi) is 6.03. The van der Waals surface area contributed by atoms with Gasteiger partial charge in [-0.05, 0) is 43.5 Å². The molecule has 23 heavy (non-hydrogen) atoms. The van der Waals surface area contributed by atoms with Crippen molar-refractivity contribution in [2.24, 2.45) is 0 Å². The van der Waals surface area contributed by atoms with E-state index in [0.29, 0.717) is 18.0 Å². The highest BCUT2D eigenvalue weighted by atomic mass is 16.5. The molecule has 0 radical (unpaired) electrons. The van der Waals surface area contributed by atoms with Crippen LogP contribution in [0.3, 0.4) is 0 Å². The maximum absolute atomic E-state index is 12.1. The molecule has 0 spiro atoms. The summed E-state index contributed by atoms with van der Waals surface area (Å²) in [6.45, 7) is 4.30. The Morgan fingerprint density at radius 2 is 1.87 bits per heavy atom. The number of methoxy groups -OCH3 is 1. The van der Waals surface area contributed by atoms with E-state index in [9.17, 15) is 4.79 Å². The van der Waals surface area contributed by atoms with E-state index in [0.717, 1.165) is 12.0 Å². The molecule has 0 saturated carbocycles. The third kappa shape index (κ3) is 5.02. The minimum atomic E-state index is -0.581. The van der Waals surface area contributed by atoms with E-state index in [-0.39, 0.29) is 5.91 Å². The van der Waals surface area contributed by atoms with Crippen molar-refractivity contribution in [3.05, 3.63) is 59.7 Å². The summed E-state index contributed by atoms with van der Waals surface area (Å²) in [5.74, 6) is 1.07. The summed E-state index contributed by atoms with van der Waals surface area (Å²) in [6, 6.07) is 15.7. The zero-order chi connectivity index (χ0) is 16.7. The lowest BCUT2D eigenvalue weighted by molar-refractivity contribution is -0.127. The van der Waals surface area contributed by atoms with Crippen LogP contribution in [0.5, 0.6) is 11.5 Å². The van der Waals surface area contributed by atoms with Crippen molar-refractivity contribution in [3.8, 4) is 11.5 Å². The number of hydrogen-bond acceptors (Lipinski definition) is 3. The summed E-state index contributed by atoms with van der Waals surface area (Å²) >= 11 is 0. The zero-order valence-electron chi connectivity index (χ0n) is 13.8. The van der Waals surface area contributed by atoms with Gasteiger partial charge in [0.2, 0.25) is 0 Å². The molecule has 1 amide bonds. The lowest BCUT2D eigenvalue weighted by atomic mass is 10.1. The minimum absolute atomic E-state index is 0.136. The number of hydrogen-bond donors (Lipinski definition) is 1.